The number of hydrogen-bond acceptors (Lipinski definition) is 3. The molecule has 1 atom stereocenters. The first-order chi connectivity index (χ1) is 7.63. The van der Waals surface area contributed by atoms with Crippen LogP contribution in [0, 0.1) is 0 Å². The minimum Gasteiger partial charge on any atom is -0.381 e. The van der Waals surface area contributed by atoms with Crippen LogP contribution in [0.1, 0.15) is 32.6 Å². The Kier molecular flexibility index (Phi) is 3.50. The van der Waals surface area contributed by atoms with E-state index in [4.69, 9.17) is 4.74 Å². The smallest absolute Gasteiger partial charge is 0.242 e. The first kappa shape index (κ1) is 11.9. The fraction of sp³-hybridized carbons (Fsp3) is 0.917. The van der Waals surface area contributed by atoms with Crippen LogP contribution in [0.4, 0.5) is 0 Å². The van der Waals surface area contributed by atoms with E-state index in [-0.39, 0.29) is 11.4 Å². The molecule has 2 aliphatic heterocycles. The highest BCUT2D eigenvalue weighted by Crippen LogP contribution is 2.23. The zero-order chi connectivity index (χ0) is 11.6. The van der Waals surface area contributed by atoms with E-state index in [1.54, 1.807) is 0 Å². The fourth-order valence-corrected chi connectivity index (χ4v) is 2.70. The van der Waals surface area contributed by atoms with Crippen LogP contribution in [0.5, 0.6) is 0 Å². The summed E-state index contributed by atoms with van der Waals surface area (Å²) in [6, 6.07) is 0.362. The lowest BCUT2D eigenvalue weighted by Gasteiger charge is -2.36. The van der Waals surface area contributed by atoms with Gasteiger partial charge in [0.15, 0.2) is 0 Å². The van der Waals surface area contributed by atoms with Crippen LogP contribution in [-0.4, -0.2) is 49.2 Å². The summed E-state index contributed by atoms with van der Waals surface area (Å²) in [7, 11) is 1.93. The van der Waals surface area contributed by atoms with Crippen LogP contribution in [0.2, 0.25) is 0 Å². The molecular weight excluding hydrogens is 204 g/mol. The lowest BCUT2D eigenvalue weighted by atomic mass is 9.96. The summed E-state index contributed by atoms with van der Waals surface area (Å²) < 4.78 is 5.33. The molecular formula is C12H22N2O2. The minimum atomic E-state index is -0.326. The maximum atomic E-state index is 12.4. The Bertz CT molecular complexity index is 256. The molecule has 2 saturated heterocycles. The van der Waals surface area contributed by atoms with Crippen molar-refractivity contribution >= 4 is 5.91 Å². The first-order valence-electron chi connectivity index (χ1n) is 6.23. The summed E-state index contributed by atoms with van der Waals surface area (Å²) >= 11 is 0. The average Bonchev–Trinajstić information content (AvgIpc) is 2.77. The van der Waals surface area contributed by atoms with Gasteiger partial charge < -0.3 is 15.0 Å². The van der Waals surface area contributed by atoms with Gasteiger partial charge in [0, 0.05) is 26.3 Å². The molecule has 0 aliphatic carbocycles. The van der Waals surface area contributed by atoms with Crippen LogP contribution in [-0.2, 0) is 9.53 Å². The Hall–Kier alpha value is -0.610. The number of hydrogen-bond donors (Lipinski definition) is 1. The van der Waals surface area contributed by atoms with Gasteiger partial charge in [-0.15, -0.1) is 0 Å². The zero-order valence-corrected chi connectivity index (χ0v) is 10.3. The van der Waals surface area contributed by atoms with Gasteiger partial charge in [0.05, 0.1) is 5.54 Å². The van der Waals surface area contributed by atoms with Crippen LogP contribution < -0.4 is 5.32 Å². The second-order valence-electron chi connectivity index (χ2n) is 5.12. The van der Waals surface area contributed by atoms with Crippen molar-refractivity contribution in [2.75, 3.05) is 26.8 Å². The van der Waals surface area contributed by atoms with E-state index in [1.807, 2.05) is 18.9 Å². The molecule has 1 N–H and O–H groups in total. The number of amides is 1. The van der Waals surface area contributed by atoms with Crippen molar-refractivity contribution in [1.29, 1.82) is 0 Å². The summed E-state index contributed by atoms with van der Waals surface area (Å²) in [5.41, 5.74) is -0.326. The molecule has 4 heteroatoms. The van der Waals surface area contributed by atoms with E-state index < -0.39 is 0 Å². The number of ether oxygens (including phenoxy) is 1. The van der Waals surface area contributed by atoms with Gasteiger partial charge in [0.25, 0.3) is 0 Å². The molecule has 0 aromatic rings. The summed E-state index contributed by atoms with van der Waals surface area (Å²) in [5, 5.41) is 3.33. The Labute approximate surface area is 97.3 Å². The van der Waals surface area contributed by atoms with Crippen molar-refractivity contribution in [3.05, 3.63) is 0 Å². The van der Waals surface area contributed by atoms with Crippen molar-refractivity contribution in [3.8, 4) is 0 Å². The van der Waals surface area contributed by atoms with E-state index in [1.165, 1.54) is 0 Å². The minimum absolute atomic E-state index is 0.247. The van der Waals surface area contributed by atoms with Crippen molar-refractivity contribution in [2.24, 2.45) is 0 Å². The van der Waals surface area contributed by atoms with Gasteiger partial charge in [-0.2, -0.15) is 0 Å². The lowest BCUT2D eigenvalue weighted by molar-refractivity contribution is -0.139. The van der Waals surface area contributed by atoms with Gasteiger partial charge >= 0.3 is 0 Å². The molecule has 1 unspecified atom stereocenters. The van der Waals surface area contributed by atoms with Crippen molar-refractivity contribution in [3.63, 3.8) is 0 Å². The summed E-state index contributed by atoms with van der Waals surface area (Å²) in [5.74, 6) is 0.247. The SMILES string of the molecule is CN(C(=O)C1(C)CCCN1)C1CCOCC1. The molecule has 0 bridgehead atoms. The summed E-state index contributed by atoms with van der Waals surface area (Å²) in [4.78, 5) is 14.3. The molecule has 0 saturated carbocycles. The molecule has 0 aromatic carbocycles. The van der Waals surface area contributed by atoms with E-state index in [0.29, 0.717) is 6.04 Å². The second kappa shape index (κ2) is 4.72. The van der Waals surface area contributed by atoms with Gasteiger partial charge in [-0.1, -0.05) is 0 Å². The zero-order valence-electron chi connectivity index (χ0n) is 10.3. The predicted molar refractivity (Wildman–Crippen MR) is 62.3 cm³/mol. The number of nitrogens with zero attached hydrogens (tertiary/aromatic N) is 1. The highest BCUT2D eigenvalue weighted by Gasteiger charge is 2.39. The number of nitrogens with one attached hydrogen (secondary N) is 1. The Balaban J connectivity index is 1.97. The van der Waals surface area contributed by atoms with Gasteiger partial charge in [-0.3, -0.25) is 4.79 Å². The molecule has 0 aromatic heterocycles. The Morgan fingerprint density at radius 1 is 1.44 bits per heavy atom. The quantitative estimate of drug-likeness (QED) is 0.756. The van der Waals surface area contributed by atoms with Crippen molar-refractivity contribution in [2.45, 2.75) is 44.2 Å². The number of carbonyl (C=O) groups excluding carboxylic acids is 1. The Morgan fingerprint density at radius 2 is 2.12 bits per heavy atom. The summed E-state index contributed by atoms with van der Waals surface area (Å²) in [6.45, 7) is 4.56. The van der Waals surface area contributed by atoms with Crippen LogP contribution in [0.3, 0.4) is 0 Å². The third kappa shape index (κ3) is 2.23. The molecule has 2 heterocycles. The van der Waals surface area contributed by atoms with Crippen molar-refractivity contribution < 1.29 is 9.53 Å². The predicted octanol–water partition coefficient (Wildman–Crippen LogP) is 0.766. The standard InChI is InChI=1S/C12H22N2O2/c1-12(6-3-7-13-12)11(15)14(2)10-4-8-16-9-5-10/h10,13H,3-9H2,1-2H3. The monoisotopic (exact) mass is 226 g/mol. The van der Waals surface area contributed by atoms with Crippen LogP contribution in [0.25, 0.3) is 0 Å². The average molecular weight is 226 g/mol. The molecule has 2 fully saturated rings. The molecule has 0 radical (unpaired) electrons. The van der Waals surface area contributed by atoms with Gasteiger partial charge in [0.2, 0.25) is 5.91 Å². The second-order valence-corrected chi connectivity index (χ2v) is 5.12. The molecule has 2 aliphatic rings. The maximum absolute atomic E-state index is 12.4. The van der Waals surface area contributed by atoms with E-state index >= 15 is 0 Å². The van der Waals surface area contributed by atoms with Gasteiger partial charge in [-0.05, 0) is 39.2 Å². The third-order valence-corrected chi connectivity index (χ3v) is 3.90. The molecule has 92 valence electrons. The molecule has 2 rings (SSSR count). The number of rotatable bonds is 2. The van der Waals surface area contributed by atoms with Crippen molar-refractivity contribution in [1.82, 2.24) is 10.2 Å². The number of likely N-dealkylation sites (N-methyl/N-ethyl adjacent to an activating group) is 1. The Morgan fingerprint density at radius 3 is 2.69 bits per heavy atom. The summed E-state index contributed by atoms with van der Waals surface area (Å²) in [6.07, 6.45) is 4.00. The first-order valence-corrected chi connectivity index (χ1v) is 6.23. The molecule has 16 heavy (non-hydrogen) atoms. The fourth-order valence-electron chi connectivity index (χ4n) is 2.70. The third-order valence-electron chi connectivity index (χ3n) is 3.90. The van der Waals surface area contributed by atoms with Gasteiger partial charge in [0.1, 0.15) is 0 Å². The van der Waals surface area contributed by atoms with Gasteiger partial charge in [-0.25, -0.2) is 0 Å². The maximum Gasteiger partial charge on any atom is 0.242 e. The number of carbonyl (C=O) groups is 1. The molecule has 4 nitrogen and oxygen atoms in total. The van der Waals surface area contributed by atoms with Crippen LogP contribution >= 0.6 is 0 Å². The van der Waals surface area contributed by atoms with Crippen LogP contribution in [0.15, 0.2) is 0 Å². The lowest BCUT2D eigenvalue weighted by Crippen LogP contribution is -2.55. The van der Waals surface area contributed by atoms with E-state index in [0.717, 1.165) is 45.4 Å². The normalized spacial score (nSPS) is 31.6. The molecule has 0 spiro atoms. The highest BCUT2D eigenvalue weighted by atomic mass is 16.5. The molecule has 1 amide bonds. The van der Waals surface area contributed by atoms with E-state index in [9.17, 15) is 4.79 Å². The topological polar surface area (TPSA) is 41.6 Å². The highest BCUT2D eigenvalue weighted by molar-refractivity contribution is 5.86. The largest absolute Gasteiger partial charge is 0.381 e. The van der Waals surface area contributed by atoms with E-state index in [2.05, 4.69) is 5.32 Å².